The molecule has 0 spiro atoms. The summed E-state index contributed by atoms with van der Waals surface area (Å²) in [6, 6.07) is 0. The number of hydrogen-bond donors (Lipinski definition) is 0. The van der Waals surface area contributed by atoms with Gasteiger partial charge in [-0.2, -0.15) is 0 Å². The Kier molecular flexibility index (Phi) is 4.75. The molecule has 0 rings (SSSR count). The Morgan fingerprint density at radius 1 is 1.07 bits per heavy atom. The van der Waals surface area contributed by atoms with Crippen LogP contribution in [0.25, 0.3) is 0 Å². The summed E-state index contributed by atoms with van der Waals surface area (Å²) in [7, 11) is 0. The van der Waals surface area contributed by atoms with Gasteiger partial charge in [0.2, 0.25) is 0 Å². The second kappa shape index (κ2) is 4.89. The zero-order valence-corrected chi connectivity index (χ0v) is 10.1. The standard InChI is InChI=1S/C11H22O3/c1-7-10(3,4)13-14-11(5,6)8-9(2)12/h7-8H2,1-6H3. The van der Waals surface area contributed by atoms with Gasteiger partial charge < -0.3 is 0 Å². The summed E-state index contributed by atoms with van der Waals surface area (Å²) in [5.74, 6) is 0.105. The van der Waals surface area contributed by atoms with Crippen molar-refractivity contribution >= 4 is 5.78 Å². The maximum atomic E-state index is 10.9. The lowest BCUT2D eigenvalue weighted by Gasteiger charge is -2.29. The van der Waals surface area contributed by atoms with Gasteiger partial charge in [0.15, 0.2) is 0 Å². The van der Waals surface area contributed by atoms with Crippen LogP contribution in [-0.2, 0) is 14.6 Å². The highest BCUT2D eigenvalue weighted by atomic mass is 17.2. The van der Waals surface area contributed by atoms with Crippen molar-refractivity contribution in [3.63, 3.8) is 0 Å². The first-order chi connectivity index (χ1) is 6.18. The molecule has 0 aliphatic carbocycles. The molecule has 0 N–H and O–H groups in total. The van der Waals surface area contributed by atoms with Crippen molar-refractivity contribution in [2.45, 2.75) is 65.6 Å². The summed E-state index contributed by atoms with van der Waals surface area (Å²) < 4.78 is 0. The van der Waals surface area contributed by atoms with E-state index in [1.807, 2.05) is 34.6 Å². The number of ketones is 1. The Morgan fingerprint density at radius 3 is 1.86 bits per heavy atom. The van der Waals surface area contributed by atoms with Crippen molar-refractivity contribution < 1.29 is 14.6 Å². The van der Waals surface area contributed by atoms with Gasteiger partial charge >= 0.3 is 0 Å². The van der Waals surface area contributed by atoms with Gasteiger partial charge in [-0.05, 0) is 41.0 Å². The summed E-state index contributed by atoms with van der Waals surface area (Å²) in [6.45, 7) is 11.2. The summed E-state index contributed by atoms with van der Waals surface area (Å²) in [5, 5.41) is 0. The molecule has 0 heterocycles. The number of hydrogen-bond acceptors (Lipinski definition) is 3. The van der Waals surface area contributed by atoms with Gasteiger partial charge in [-0.15, -0.1) is 0 Å². The molecule has 0 aliphatic heterocycles. The van der Waals surface area contributed by atoms with Crippen molar-refractivity contribution in [2.24, 2.45) is 0 Å². The van der Waals surface area contributed by atoms with E-state index in [9.17, 15) is 4.79 Å². The highest BCUT2D eigenvalue weighted by molar-refractivity contribution is 5.76. The van der Waals surface area contributed by atoms with Crippen LogP contribution in [0.2, 0.25) is 0 Å². The molecule has 0 aromatic carbocycles. The van der Waals surface area contributed by atoms with Crippen LogP contribution in [0.3, 0.4) is 0 Å². The summed E-state index contributed by atoms with van der Waals surface area (Å²) in [4.78, 5) is 21.5. The van der Waals surface area contributed by atoms with Crippen molar-refractivity contribution in [3.05, 3.63) is 0 Å². The summed E-state index contributed by atoms with van der Waals surface area (Å²) in [6.07, 6.45) is 1.23. The normalized spacial score (nSPS) is 13.0. The molecule has 84 valence electrons. The van der Waals surface area contributed by atoms with Crippen LogP contribution in [0.15, 0.2) is 0 Å². The molecule has 0 aliphatic rings. The van der Waals surface area contributed by atoms with E-state index in [4.69, 9.17) is 9.78 Å². The predicted molar refractivity (Wildman–Crippen MR) is 55.9 cm³/mol. The third-order valence-corrected chi connectivity index (χ3v) is 2.02. The van der Waals surface area contributed by atoms with Gasteiger partial charge in [-0.25, -0.2) is 9.78 Å². The van der Waals surface area contributed by atoms with E-state index in [-0.39, 0.29) is 11.4 Å². The number of Topliss-reactive ketones (excluding diaryl/α,β-unsaturated/α-hetero) is 1. The zero-order chi connectivity index (χ0) is 11.4. The maximum absolute atomic E-state index is 10.9. The van der Waals surface area contributed by atoms with Gasteiger partial charge in [0.05, 0.1) is 5.60 Å². The van der Waals surface area contributed by atoms with Crippen LogP contribution in [0.1, 0.15) is 54.4 Å². The van der Waals surface area contributed by atoms with Crippen LogP contribution in [0.5, 0.6) is 0 Å². The lowest BCUT2D eigenvalue weighted by atomic mass is 10.0. The van der Waals surface area contributed by atoms with Gasteiger partial charge in [0.25, 0.3) is 0 Å². The van der Waals surface area contributed by atoms with Gasteiger partial charge in [-0.3, -0.25) is 4.79 Å². The van der Waals surface area contributed by atoms with E-state index >= 15 is 0 Å². The summed E-state index contributed by atoms with van der Waals surface area (Å²) in [5.41, 5.74) is -0.841. The molecule has 3 heteroatoms. The van der Waals surface area contributed by atoms with Gasteiger partial charge in [0, 0.05) is 6.42 Å². The molecule has 0 aromatic heterocycles. The first-order valence-corrected chi connectivity index (χ1v) is 5.05. The highest BCUT2D eigenvalue weighted by Gasteiger charge is 2.26. The molecule has 0 aromatic rings. The van der Waals surface area contributed by atoms with E-state index in [0.717, 1.165) is 6.42 Å². The molecule has 0 amide bonds. The van der Waals surface area contributed by atoms with E-state index in [2.05, 4.69) is 0 Å². The lowest BCUT2D eigenvalue weighted by molar-refractivity contribution is -0.400. The molecule has 0 bridgehead atoms. The fourth-order valence-corrected chi connectivity index (χ4v) is 0.914. The summed E-state index contributed by atoms with van der Waals surface area (Å²) >= 11 is 0. The molecule has 0 fully saturated rings. The average molecular weight is 202 g/mol. The third kappa shape index (κ3) is 6.11. The van der Waals surface area contributed by atoms with Crippen molar-refractivity contribution in [2.75, 3.05) is 0 Å². The monoisotopic (exact) mass is 202 g/mol. The Morgan fingerprint density at radius 2 is 1.50 bits per heavy atom. The molecule has 0 radical (unpaired) electrons. The van der Waals surface area contributed by atoms with Crippen molar-refractivity contribution in [3.8, 4) is 0 Å². The molecule has 0 saturated carbocycles. The Bertz CT molecular complexity index is 195. The lowest BCUT2D eigenvalue weighted by Crippen LogP contribution is -2.33. The number of carbonyl (C=O) groups excluding carboxylic acids is 1. The van der Waals surface area contributed by atoms with Crippen LogP contribution in [0.4, 0.5) is 0 Å². The second-order valence-corrected chi connectivity index (χ2v) is 4.92. The van der Waals surface area contributed by atoms with E-state index in [1.165, 1.54) is 0 Å². The maximum Gasteiger partial charge on any atom is 0.132 e. The molecular formula is C11H22O3. The quantitative estimate of drug-likeness (QED) is 0.490. The van der Waals surface area contributed by atoms with Gasteiger partial charge in [0.1, 0.15) is 11.4 Å². The smallest absolute Gasteiger partial charge is 0.132 e. The van der Waals surface area contributed by atoms with Crippen LogP contribution in [0, 0.1) is 0 Å². The number of carbonyl (C=O) groups is 1. The second-order valence-electron chi connectivity index (χ2n) is 4.92. The highest BCUT2D eigenvalue weighted by Crippen LogP contribution is 2.21. The minimum absolute atomic E-state index is 0.105. The predicted octanol–water partition coefficient (Wildman–Crippen LogP) is 2.88. The topological polar surface area (TPSA) is 35.5 Å². The first kappa shape index (κ1) is 13.6. The average Bonchev–Trinajstić information content (AvgIpc) is 1.99. The van der Waals surface area contributed by atoms with E-state index < -0.39 is 5.60 Å². The molecule has 0 atom stereocenters. The molecule has 3 nitrogen and oxygen atoms in total. The molecular weight excluding hydrogens is 180 g/mol. The zero-order valence-electron chi connectivity index (χ0n) is 10.1. The molecule has 0 unspecified atom stereocenters. The van der Waals surface area contributed by atoms with Crippen LogP contribution in [-0.4, -0.2) is 17.0 Å². The van der Waals surface area contributed by atoms with Crippen LogP contribution >= 0.6 is 0 Å². The van der Waals surface area contributed by atoms with Gasteiger partial charge in [-0.1, -0.05) is 6.92 Å². The minimum atomic E-state index is -0.543. The molecule has 14 heavy (non-hydrogen) atoms. The third-order valence-electron chi connectivity index (χ3n) is 2.02. The first-order valence-electron chi connectivity index (χ1n) is 5.05. The van der Waals surface area contributed by atoms with Crippen LogP contribution < -0.4 is 0 Å². The van der Waals surface area contributed by atoms with E-state index in [1.54, 1.807) is 6.92 Å². The van der Waals surface area contributed by atoms with Crippen molar-refractivity contribution in [1.29, 1.82) is 0 Å². The Hall–Kier alpha value is -0.410. The fourth-order valence-electron chi connectivity index (χ4n) is 0.914. The number of rotatable bonds is 6. The largest absolute Gasteiger partial charge is 0.300 e. The van der Waals surface area contributed by atoms with E-state index in [0.29, 0.717) is 6.42 Å². The fraction of sp³-hybridized carbons (Fsp3) is 0.909. The molecule has 0 saturated heterocycles. The Labute approximate surface area is 86.7 Å². The Balaban J connectivity index is 4.04. The SMILES string of the molecule is CCC(C)(C)OOC(C)(C)CC(C)=O. The van der Waals surface area contributed by atoms with Crippen molar-refractivity contribution in [1.82, 2.24) is 0 Å². The minimum Gasteiger partial charge on any atom is -0.300 e.